The number of hydrogen-bond acceptors (Lipinski definition) is 4. The van der Waals surface area contributed by atoms with E-state index < -0.39 is 11.7 Å². The van der Waals surface area contributed by atoms with Gasteiger partial charge in [-0.05, 0) is 39.0 Å². The number of nitrogens with zero attached hydrogens (tertiary/aromatic N) is 1. The summed E-state index contributed by atoms with van der Waals surface area (Å²) >= 11 is 1.73. The van der Waals surface area contributed by atoms with Gasteiger partial charge in [-0.1, -0.05) is 12.1 Å². The van der Waals surface area contributed by atoms with E-state index in [-0.39, 0.29) is 0 Å². The molecule has 0 bridgehead atoms. The second-order valence-electron chi connectivity index (χ2n) is 6.71. The van der Waals surface area contributed by atoms with Crippen LogP contribution in [0.4, 0.5) is 4.79 Å². The second-order valence-corrected chi connectivity index (χ2v) is 7.80. The van der Waals surface area contributed by atoms with Crippen LogP contribution in [0.2, 0.25) is 0 Å². The average Bonchev–Trinajstić information content (AvgIpc) is 2.55. The number of ether oxygens (including phenoxy) is 1. The van der Waals surface area contributed by atoms with Gasteiger partial charge in [0.2, 0.25) is 11.2 Å². The fourth-order valence-electron chi connectivity index (χ4n) is 2.38. The molecule has 3 rings (SSSR count). The largest absolute Gasteiger partial charge is 0.444 e. The number of para-hydroxylation sites is 1. The van der Waals surface area contributed by atoms with E-state index in [2.05, 4.69) is 33.5 Å². The zero-order valence-corrected chi connectivity index (χ0v) is 15.4. The molecule has 6 heteroatoms. The summed E-state index contributed by atoms with van der Waals surface area (Å²) in [4.78, 5) is 20.7. The normalized spacial score (nSPS) is 12.5. The Bertz CT molecular complexity index is 928. The number of alkyl carbamates (subject to hydrolysis) is 1. The van der Waals surface area contributed by atoms with Gasteiger partial charge >= 0.3 is 6.09 Å². The van der Waals surface area contributed by atoms with Gasteiger partial charge < -0.3 is 10.1 Å². The maximum Gasteiger partial charge on any atom is 0.407 e. The molecule has 1 aromatic carbocycles. The van der Waals surface area contributed by atoms with Crippen LogP contribution in [-0.2, 0) is 4.74 Å². The number of H-pyrrole nitrogens is 1. The van der Waals surface area contributed by atoms with Crippen LogP contribution in [0, 0.1) is 0 Å². The first-order valence-corrected chi connectivity index (χ1v) is 9.05. The van der Waals surface area contributed by atoms with Crippen LogP contribution in [0.5, 0.6) is 0 Å². The van der Waals surface area contributed by atoms with Crippen molar-refractivity contribution >= 4 is 27.6 Å². The number of fused-ring (bicyclic) bond motifs is 2. The van der Waals surface area contributed by atoms with E-state index >= 15 is 0 Å². The number of benzene rings is 2. The highest BCUT2D eigenvalue weighted by Gasteiger charge is 2.15. The first-order valence-electron chi connectivity index (χ1n) is 8.23. The molecule has 0 saturated heterocycles. The number of aromatic nitrogens is 1. The van der Waals surface area contributed by atoms with Gasteiger partial charge in [0.05, 0.1) is 16.6 Å². The van der Waals surface area contributed by atoms with Gasteiger partial charge in [-0.2, -0.15) is 0 Å². The number of hydrogen-bond donors (Lipinski definition) is 1. The number of rotatable bonds is 3. The van der Waals surface area contributed by atoms with Gasteiger partial charge in [-0.25, -0.2) is 9.78 Å². The molecule has 1 aliphatic heterocycles. The summed E-state index contributed by atoms with van der Waals surface area (Å²) < 4.78 is 6.40. The van der Waals surface area contributed by atoms with Gasteiger partial charge in [0.1, 0.15) is 10.5 Å². The quantitative estimate of drug-likeness (QED) is 0.578. The Morgan fingerprint density at radius 3 is 2.84 bits per heavy atom. The fraction of sp³-hybridized carbons (Fsp3) is 0.316. The summed E-state index contributed by atoms with van der Waals surface area (Å²) in [6.45, 7) is 6.47. The van der Waals surface area contributed by atoms with Gasteiger partial charge in [-0.15, -0.1) is 11.3 Å². The smallest absolute Gasteiger partial charge is 0.407 e. The van der Waals surface area contributed by atoms with Crippen molar-refractivity contribution in [3.63, 3.8) is 0 Å². The number of amides is 1. The Morgan fingerprint density at radius 2 is 2.04 bits per heavy atom. The van der Waals surface area contributed by atoms with Crippen LogP contribution in [0.25, 0.3) is 20.8 Å². The zero-order valence-electron chi connectivity index (χ0n) is 14.6. The van der Waals surface area contributed by atoms with E-state index in [1.807, 2.05) is 45.0 Å². The lowest BCUT2D eigenvalue weighted by Crippen LogP contribution is -2.33. The highest BCUT2D eigenvalue weighted by atomic mass is 32.1. The maximum absolute atomic E-state index is 11.6. The molecule has 1 aliphatic carbocycles. The molecule has 0 unspecified atom stereocenters. The molecule has 0 fully saturated rings. The monoisotopic (exact) mass is 356 g/mol. The van der Waals surface area contributed by atoms with Crippen molar-refractivity contribution < 1.29 is 14.5 Å². The van der Waals surface area contributed by atoms with Crippen molar-refractivity contribution in [1.29, 1.82) is 0 Å². The van der Waals surface area contributed by atoms with Crippen molar-refractivity contribution in [3.05, 3.63) is 47.8 Å². The minimum Gasteiger partial charge on any atom is -0.444 e. The summed E-state index contributed by atoms with van der Waals surface area (Å²) in [7, 11) is 0. The van der Waals surface area contributed by atoms with Crippen LogP contribution >= 0.6 is 11.3 Å². The topological polar surface area (TPSA) is 64.8 Å². The van der Waals surface area contributed by atoms with E-state index in [0.717, 1.165) is 21.4 Å². The van der Waals surface area contributed by atoms with E-state index in [1.165, 1.54) is 4.70 Å². The number of carbonyl (C=O) groups is 1. The molecule has 2 aliphatic rings. The van der Waals surface area contributed by atoms with Crippen molar-refractivity contribution in [2.24, 2.45) is 4.99 Å². The standard InChI is InChI=1S/C19H21N3O2S/c1-19(2,3)24-18(23)21-11-10-20-13-8-9-15-17(12-13)25-16-7-5-4-6-14(16)22-15/h4-9,12H,10-11H2,1-3H3,(H,21,23)/p+1. The lowest BCUT2D eigenvalue weighted by molar-refractivity contribution is -0.330. The molecule has 25 heavy (non-hydrogen) atoms. The lowest BCUT2D eigenvalue weighted by atomic mass is 10.2. The third-order valence-corrected chi connectivity index (χ3v) is 4.55. The van der Waals surface area contributed by atoms with Gasteiger partial charge in [-0.3, -0.25) is 4.99 Å². The van der Waals surface area contributed by atoms with E-state index in [0.29, 0.717) is 13.1 Å². The summed E-state index contributed by atoms with van der Waals surface area (Å²) in [5.74, 6) is 0. The Labute approximate surface area is 150 Å². The molecule has 1 amide bonds. The molecule has 0 aromatic heterocycles. The Balaban J connectivity index is 1.69. The van der Waals surface area contributed by atoms with Crippen molar-refractivity contribution in [3.8, 4) is 10.6 Å². The lowest BCUT2D eigenvalue weighted by Gasteiger charge is -2.19. The predicted octanol–water partition coefficient (Wildman–Crippen LogP) is 3.25. The Kier molecular flexibility index (Phi) is 4.99. The first-order chi connectivity index (χ1) is 11.9. The highest BCUT2D eigenvalue weighted by molar-refractivity contribution is 7.21. The number of aromatic amines is 1. The minimum absolute atomic E-state index is 0.412. The van der Waals surface area contributed by atoms with Gasteiger partial charge in [0.15, 0.2) is 0 Å². The van der Waals surface area contributed by atoms with Crippen LogP contribution in [0.3, 0.4) is 0 Å². The van der Waals surface area contributed by atoms with Crippen molar-refractivity contribution in [2.45, 2.75) is 26.4 Å². The summed E-state index contributed by atoms with van der Waals surface area (Å²) in [5, 5.41) is 3.61. The molecule has 0 radical (unpaired) electrons. The SMILES string of the molecule is CC(C)(C)OC(=O)NCCN=c1ccc2[nH+]c3ccccc3sc-2c1. The van der Waals surface area contributed by atoms with E-state index in [1.54, 1.807) is 11.3 Å². The van der Waals surface area contributed by atoms with Crippen LogP contribution < -0.4 is 15.7 Å². The van der Waals surface area contributed by atoms with E-state index in [4.69, 9.17) is 4.74 Å². The van der Waals surface area contributed by atoms with Crippen molar-refractivity contribution in [2.75, 3.05) is 13.1 Å². The number of nitrogens with one attached hydrogen (secondary N) is 2. The maximum atomic E-state index is 11.6. The Morgan fingerprint density at radius 1 is 1.24 bits per heavy atom. The van der Waals surface area contributed by atoms with Gasteiger partial charge in [0.25, 0.3) is 0 Å². The molecule has 1 heterocycles. The fourth-order valence-corrected chi connectivity index (χ4v) is 3.40. The first kappa shape index (κ1) is 17.4. The molecular weight excluding hydrogens is 334 g/mol. The second kappa shape index (κ2) is 7.19. The molecule has 130 valence electrons. The minimum atomic E-state index is -0.486. The molecule has 0 saturated carbocycles. The number of carbonyl (C=O) groups excluding carboxylic acids is 1. The third-order valence-electron chi connectivity index (χ3n) is 3.42. The highest BCUT2D eigenvalue weighted by Crippen LogP contribution is 2.25. The molecule has 2 N–H and O–H groups in total. The van der Waals surface area contributed by atoms with Gasteiger partial charge in [0, 0.05) is 18.7 Å². The molecule has 1 aromatic rings. The molecular formula is C19H22N3O2S+. The van der Waals surface area contributed by atoms with Crippen LogP contribution in [0.1, 0.15) is 20.8 Å². The van der Waals surface area contributed by atoms with E-state index in [9.17, 15) is 4.79 Å². The average molecular weight is 356 g/mol. The zero-order chi connectivity index (χ0) is 17.9. The Hall–Kier alpha value is -2.47. The summed E-state index contributed by atoms with van der Waals surface area (Å²) in [6, 6.07) is 14.3. The summed E-state index contributed by atoms with van der Waals surface area (Å²) in [5.41, 5.74) is 1.74. The molecule has 0 spiro atoms. The van der Waals surface area contributed by atoms with Crippen LogP contribution in [0.15, 0.2) is 47.5 Å². The van der Waals surface area contributed by atoms with Crippen LogP contribution in [-0.4, -0.2) is 24.8 Å². The summed E-state index contributed by atoms with van der Waals surface area (Å²) in [6.07, 6.45) is -0.412. The van der Waals surface area contributed by atoms with Crippen molar-refractivity contribution in [1.82, 2.24) is 5.32 Å². The molecule has 5 nitrogen and oxygen atoms in total. The third kappa shape index (κ3) is 4.76. The molecule has 0 atom stereocenters. The predicted molar refractivity (Wildman–Crippen MR) is 99.7 cm³/mol.